The van der Waals surface area contributed by atoms with E-state index in [2.05, 4.69) is 49.5 Å². The average molecular weight is 336 g/mol. The number of anilines is 1. The lowest BCUT2D eigenvalue weighted by atomic mass is 10.3. The number of hydrogen-bond donors (Lipinski definition) is 1. The molecule has 3 rings (SSSR count). The van der Waals surface area contributed by atoms with Crippen LogP contribution in [0.15, 0.2) is 28.0 Å². The number of thiazole rings is 1. The van der Waals surface area contributed by atoms with Gasteiger partial charge in [-0.05, 0) is 24.4 Å². The average Bonchev–Trinajstić information content (AvgIpc) is 3.21. The number of piperazine rings is 1. The molecule has 1 aliphatic heterocycles. The third-order valence-electron chi connectivity index (χ3n) is 3.86. The zero-order valence-corrected chi connectivity index (χ0v) is 14.6. The minimum atomic E-state index is 0.800. The highest BCUT2D eigenvalue weighted by Gasteiger charge is 2.20. The Morgan fingerprint density at radius 2 is 2.14 bits per heavy atom. The van der Waals surface area contributed by atoms with Crippen molar-refractivity contribution < 1.29 is 0 Å². The number of aliphatic imine (C=N–C) groups is 1. The van der Waals surface area contributed by atoms with E-state index < -0.39 is 0 Å². The van der Waals surface area contributed by atoms with E-state index in [-0.39, 0.29) is 0 Å². The number of nitrogens with one attached hydrogen (secondary N) is 1. The summed E-state index contributed by atoms with van der Waals surface area (Å²) in [5.41, 5.74) is 3.00. The van der Waals surface area contributed by atoms with Crippen molar-refractivity contribution in [3.63, 3.8) is 0 Å². The number of aryl methyl sites for hydroxylation is 1. The van der Waals surface area contributed by atoms with E-state index in [1.807, 2.05) is 23.9 Å². The highest BCUT2D eigenvalue weighted by Crippen LogP contribution is 2.22. The molecule has 118 valence electrons. The van der Waals surface area contributed by atoms with Crippen LogP contribution in [0.5, 0.6) is 0 Å². The molecule has 3 heterocycles. The summed E-state index contributed by atoms with van der Waals surface area (Å²) in [6, 6.07) is 4.31. The molecule has 2 aromatic heterocycles. The Kier molecular flexibility index (Phi) is 4.94. The van der Waals surface area contributed by atoms with Crippen LogP contribution in [0.2, 0.25) is 0 Å². The zero-order valence-electron chi connectivity index (χ0n) is 13.0. The molecule has 0 unspecified atom stereocenters. The van der Waals surface area contributed by atoms with Crippen LogP contribution in [0.3, 0.4) is 0 Å². The molecule has 5 nitrogen and oxygen atoms in total. The lowest BCUT2D eigenvalue weighted by molar-refractivity contribution is 0.373. The maximum Gasteiger partial charge on any atom is 0.194 e. The monoisotopic (exact) mass is 335 g/mol. The summed E-state index contributed by atoms with van der Waals surface area (Å²) in [5, 5.41) is 6.96. The molecule has 0 radical (unpaired) electrons. The van der Waals surface area contributed by atoms with Crippen LogP contribution in [0.1, 0.15) is 10.6 Å². The second-order valence-corrected chi connectivity index (χ2v) is 7.05. The molecule has 2 aromatic rings. The lowest BCUT2D eigenvalue weighted by Crippen LogP contribution is -2.52. The molecule has 0 bridgehead atoms. The van der Waals surface area contributed by atoms with E-state index in [4.69, 9.17) is 0 Å². The largest absolute Gasteiger partial charge is 0.360 e. The van der Waals surface area contributed by atoms with Crippen molar-refractivity contribution in [3.05, 3.63) is 33.6 Å². The van der Waals surface area contributed by atoms with E-state index in [1.54, 1.807) is 11.3 Å². The molecule has 1 N–H and O–H groups in total. The van der Waals surface area contributed by atoms with Gasteiger partial charge in [0.25, 0.3) is 0 Å². The molecule has 0 aromatic carbocycles. The molecular formula is C15H21N5S2. The van der Waals surface area contributed by atoms with Crippen molar-refractivity contribution >= 4 is 33.6 Å². The van der Waals surface area contributed by atoms with E-state index in [9.17, 15) is 0 Å². The summed E-state index contributed by atoms with van der Waals surface area (Å²) in [4.78, 5) is 14.8. The Hall–Kier alpha value is -1.60. The van der Waals surface area contributed by atoms with Crippen molar-refractivity contribution in [2.75, 3.05) is 38.1 Å². The normalized spacial score (nSPS) is 16.2. The van der Waals surface area contributed by atoms with E-state index in [0.29, 0.717) is 0 Å². The Morgan fingerprint density at radius 1 is 1.32 bits per heavy atom. The Bertz CT molecular complexity index is 612. The summed E-state index contributed by atoms with van der Waals surface area (Å²) in [6.07, 6.45) is 0. The van der Waals surface area contributed by atoms with Crippen molar-refractivity contribution in [2.24, 2.45) is 4.99 Å². The van der Waals surface area contributed by atoms with Gasteiger partial charge in [-0.15, -0.1) is 22.7 Å². The first kappa shape index (κ1) is 15.3. The van der Waals surface area contributed by atoms with Crippen LogP contribution >= 0.6 is 22.7 Å². The van der Waals surface area contributed by atoms with E-state index in [0.717, 1.165) is 44.4 Å². The summed E-state index contributed by atoms with van der Waals surface area (Å²) >= 11 is 3.50. The molecule has 1 saturated heterocycles. The molecule has 0 saturated carbocycles. The Balaban J connectivity index is 1.53. The van der Waals surface area contributed by atoms with E-state index in [1.165, 1.54) is 9.88 Å². The molecular weight excluding hydrogens is 314 g/mol. The SMILES string of the molecule is CN=C(NCc1scnc1C)N1CCN(c2cccs2)CC1. The van der Waals surface area contributed by atoms with Gasteiger partial charge in [0.05, 0.1) is 22.8 Å². The van der Waals surface area contributed by atoms with Crippen LogP contribution in [-0.4, -0.2) is 49.1 Å². The number of hydrogen-bond acceptors (Lipinski definition) is 5. The zero-order chi connectivity index (χ0) is 15.4. The van der Waals surface area contributed by atoms with E-state index >= 15 is 0 Å². The molecule has 22 heavy (non-hydrogen) atoms. The van der Waals surface area contributed by atoms with Gasteiger partial charge in [-0.1, -0.05) is 0 Å². The van der Waals surface area contributed by atoms with Crippen LogP contribution in [-0.2, 0) is 6.54 Å². The fourth-order valence-corrected chi connectivity index (χ4v) is 4.08. The van der Waals surface area contributed by atoms with Gasteiger partial charge in [-0.2, -0.15) is 0 Å². The second kappa shape index (κ2) is 7.11. The highest BCUT2D eigenvalue weighted by molar-refractivity contribution is 7.14. The van der Waals surface area contributed by atoms with Gasteiger partial charge in [-0.25, -0.2) is 4.98 Å². The minimum Gasteiger partial charge on any atom is -0.360 e. The third-order valence-corrected chi connectivity index (χ3v) is 5.72. The van der Waals surface area contributed by atoms with Crippen molar-refractivity contribution in [1.29, 1.82) is 0 Å². The van der Waals surface area contributed by atoms with Crippen molar-refractivity contribution in [1.82, 2.24) is 15.2 Å². The first-order valence-electron chi connectivity index (χ1n) is 7.41. The summed E-state index contributed by atoms with van der Waals surface area (Å²) in [6.45, 7) is 6.93. The standard InChI is InChI=1S/C15H21N5S2/c1-12-13(22-11-18-12)10-17-15(16-2)20-7-5-19(6-8-20)14-4-3-9-21-14/h3-4,9,11H,5-8,10H2,1-2H3,(H,16,17). The quantitative estimate of drug-likeness (QED) is 0.691. The van der Waals surface area contributed by atoms with Gasteiger partial charge in [0.2, 0.25) is 0 Å². The predicted octanol–water partition coefficient (Wildman–Crippen LogP) is 2.41. The van der Waals surface area contributed by atoms with Gasteiger partial charge < -0.3 is 15.1 Å². The molecule has 1 fully saturated rings. The van der Waals surface area contributed by atoms with Crippen LogP contribution < -0.4 is 10.2 Å². The maximum absolute atomic E-state index is 4.43. The van der Waals surface area contributed by atoms with Gasteiger partial charge in [-0.3, -0.25) is 4.99 Å². The van der Waals surface area contributed by atoms with Crippen LogP contribution in [0, 0.1) is 6.92 Å². The first-order chi connectivity index (χ1) is 10.8. The highest BCUT2D eigenvalue weighted by atomic mass is 32.1. The fraction of sp³-hybridized carbons (Fsp3) is 0.467. The number of thiophene rings is 1. The summed E-state index contributed by atoms with van der Waals surface area (Å²) in [5.74, 6) is 0.985. The Labute approximate surface area is 139 Å². The number of guanidine groups is 1. The van der Waals surface area contributed by atoms with Gasteiger partial charge in [0, 0.05) is 38.1 Å². The maximum atomic E-state index is 4.43. The van der Waals surface area contributed by atoms with Gasteiger partial charge in [0.15, 0.2) is 5.96 Å². The molecule has 0 atom stereocenters. The number of aromatic nitrogens is 1. The summed E-state index contributed by atoms with van der Waals surface area (Å²) in [7, 11) is 1.85. The summed E-state index contributed by atoms with van der Waals surface area (Å²) < 4.78 is 0. The van der Waals surface area contributed by atoms with Crippen molar-refractivity contribution in [2.45, 2.75) is 13.5 Å². The second-order valence-electron chi connectivity index (χ2n) is 5.19. The molecule has 0 spiro atoms. The smallest absolute Gasteiger partial charge is 0.194 e. The molecule has 0 amide bonds. The van der Waals surface area contributed by atoms with Gasteiger partial charge in [0.1, 0.15) is 0 Å². The van der Waals surface area contributed by atoms with Crippen molar-refractivity contribution in [3.8, 4) is 0 Å². The fourth-order valence-electron chi connectivity index (χ4n) is 2.58. The lowest BCUT2D eigenvalue weighted by Gasteiger charge is -2.37. The Morgan fingerprint density at radius 3 is 2.73 bits per heavy atom. The third kappa shape index (κ3) is 3.41. The number of rotatable bonds is 3. The number of nitrogens with zero attached hydrogens (tertiary/aromatic N) is 4. The molecule has 1 aliphatic rings. The van der Waals surface area contributed by atoms with Crippen LogP contribution in [0.25, 0.3) is 0 Å². The molecule has 7 heteroatoms. The predicted molar refractivity (Wildman–Crippen MR) is 95.2 cm³/mol. The van der Waals surface area contributed by atoms with Crippen LogP contribution in [0.4, 0.5) is 5.00 Å². The minimum absolute atomic E-state index is 0.800. The molecule has 0 aliphatic carbocycles. The topological polar surface area (TPSA) is 43.8 Å². The van der Waals surface area contributed by atoms with Gasteiger partial charge >= 0.3 is 0 Å². The first-order valence-corrected chi connectivity index (χ1v) is 9.17.